The van der Waals surface area contributed by atoms with E-state index in [4.69, 9.17) is 4.74 Å². The number of ether oxygens (including phenoxy) is 1. The molecule has 0 amide bonds. The zero-order valence-electron chi connectivity index (χ0n) is 10.5. The summed E-state index contributed by atoms with van der Waals surface area (Å²) in [4.78, 5) is 3.39. The molecule has 0 aliphatic heterocycles. The third-order valence-corrected chi connectivity index (χ3v) is 3.87. The Kier molecular flexibility index (Phi) is 6.66. The third-order valence-electron chi connectivity index (χ3n) is 2.19. The fraction of sp³-hybridized carbons (Fsp3) is 0.667. The van der Waals surface area contributed by atoms with E-state index in [2.05, 4.69) is 32.3 Å². The standard InChI is InChI=1S/C12H20BrNO2S/c1-9(2)16-7-11(15)5-14(3)6-12-4-10(13)8-17-12/h4,8-9,11,15H,5-7H2,1-3H3/t11-/m0/s1. The first-order chi connectivity index (χ1) is 7.97. The molecule has 0 aliphatic rings. The van der Waals surface area contributed by atoms with Crippen molar-refractivity contribution < 1.29 is 9.84 Å². The first kappa shape index (κ1) is 15.1. The van der Waals surface area contributed by atoms with Crippen molar-refractivity contribution in [1.82, 2.24) is 4.90 Å². The van der Waals surface area contributed by atoms with E-state index >= 15 is 0 Å². The summed E-state index contributed by atoms with van der Waals surface area (Å²) in [5, 5.41) is 11.9. The van der Waals surface area contributed by atoms with Gasteiger partial charge in [0, 0.05) is 27.8 Å². The van der Waals surface area contributed by atoms with Crippen molar-refractivity contribution in [2.24, 2.45) is 0 Å². The van der Waals surface area contributed by atoms with Gasteiger partial charge in [-0.15, -0.1) is 11.3 Å². The number of aliphatic hydroxyl groups is 1. The molecule has 0 fully saturated rings. The molecule has 0 bridgehead atoms. The molecule has 0 saturated heterocycles. The maximum Gasteiger partial charge on any atom is 0.0900 e. The van der Waals surface area contributed by atoms with E-state index in [1.807, 2.05) is 20.9 Å². The molecule has 0 aliphatic carbocycles. The summed E-state index contributed by atoms with van der Waals surface area (Å²) in [5.41, 5.74) is 0. The van der Waals surface area contributed by atoms with Crippen molar-refractivity contribution in [3.05, 3.63) is 20.8 Å². The molecule has 1 aromatic heterocycles. The molecule has 1 N–H and O–H groups in total. The molecule has 0 unspecified atom stereocenters. The largest absolute Gasteiger partial charge is 0.389 e. The molecule has 1 rings (SSSR count). The van der Waals surface area contributed by atoms with E-state index < -0.39 is 6.10 Å². The van der Waals surface area contributed by atoms with Crippen LogP contribution in [0.1, 0.15) is 18.7 Å². The van der Waals surface area contributed by atoms with Crippen molar-refractivity contribution in [3.63, 3.8) is 0 Å². The predicted octanol–water partition coefficient (Wildman–Crippen LogP) is 2.73. The van der Waals surface area contributed by atoms with Crippen molar-refractivity contribution in [2.75, 3.05) is 20.2 Å². The minimum absolute atomic E-state index is 0.170. The zero-order chi connectivity index (χ0) is 12.8. The van der Waals surface area contributed by atoms with E-state index in [0.29, 0.717) is 13.2 Å². The lowest BCUT2D eigenvalue weighted by Crippen LogP contribution is -2.32. The van der Waals surface area contributed by atoms with Gasteiger partial charge in [0.25, 0.3) is 0 Å². The molecule has 1 heterocycles. The number of aliphatic hydroxyl groups excluding tert-OH is 1. The molecule has 5 heteroatoms. The molecule has 0 saturated carbocycles. The molecule has 17 heavy (non-hydrogen) atoms. The molecule has 3 nitrogen and oxygen atoms in total. The van der Waals surface area contributed by atoms with Crippen LogP contribution in [0, 0.1) is 0 Å². The van der Waals surface area contributed by atoms with Gasteiger partial charge < -0.3 is 9.84 Å². The number of likely N-dealkylation sites (N-methyl/N-ethyl adjacent to an activating group) is 1. The number of rotatable bonds is 7. The van der Waals surface area contributed by atoms with E-state index in [-0.39, 0.29) is 6.10 Å². The Morgan fingerprint density at radius 1 is 1.53 bits per heavy atom. The van der Waals surface area contributed by atoms with Crippen LogP contribution in [-0.4, -0.2) is 42.4 Å². The maximum atomic E-state index is 9.78. The molecule has 1 atom stereocenters. The molecule has 0 aromatic carbocycles. The average Bonchev–Trinajstić information content (AvgIpc) is 2.60. The Morgan fingerprint density at radius 3 is 2.76 bits per heavy atom. The third kappa shape index (κ3) is 6.52. The van der Waals surface area contributed by atoms with Crippen LogP contribution in [0.15, 0.2) is 15.9 Å². The summed E-state index contributed by atoms with van der Waals surface area (Å²) >= 11 is 5.16. The highest BCUT2D eigenvalue weighted by atomic mass is 79.9. The van der Waals surface area contributed by atoms with Crippen LogP contribution in [0.4, 0.5) is 0 Å². The van der Waals surface area contributed by atoms with Gasteiger partial charge in [0.15, 0.2) is 0 Å². The van der Waals surface area contributed by atoms with Crippen molar-refractivity contribution >= 4 is 27.3 Å². The SMILES string of the molecule is CC(C)OC[C@@H](O)CN(C)Cc1cc(Br)cs1. The Labute approximate surface area is 116 Å². The van der Waals surface area contributed by atoms with E-state index in [1.54, 1.807) is 11.3 Å². The van der Waals surface area contributed by atoms with Crippen LogP contribution in [0.25, 0.3) is 0 Å². The Hall–Kier alpha value is 0.0600. The summed E-state index contributed by atoms with van der Waals surface area (Å²) in [7, 11) is 2.01. The fourth-order valence-electron chi connectivity index (χ4n) is 1.48. The van der Waals surface area contributed by atoms with Crippen LogP contribution in [0.2, 0.25) is 0 Å². The molecular formula is C12H20BrNO2S. The van der Waals surface area contributed by atoms with Gasteiger partial charge in [0.1, 0.15) is 0 Å². The first-order valence-corrected chi connectivity index (χ1v) is 7.35. The molecule has 0 spiro atoms. The highest BCUT2D eigenvalue weighted by Crippen LogP contribution is 2.20. The number of nitrogens with zero attached hydrogens (tertiary/aromatic N) is 1. The first-order valence-electron chi connectivity index (χ1n) is 5.68. The van der Waals surface area contributed by atoms with Crippen LogP contribution in [0.3, 0.4) is 0 Å². The van der Waals surface area contributed by atoms with Crippen molar-refractivity contribution in [1.29, 1.82) is 0 Å². The lowest BCUT2D eigenvalue weighted by atomic mass is 10.3. The van der Waals surface area contributed by atoms with Gasteiger partial charge in [-0.3, -0.25) is 4.90 Å². The molecular weight excluding hydrogens is 302 g/mol. The summed E-state index contributed by atoms with van der Waals surface area (Å²) in [6.07, 6.45) is -0.256. The normalized spacial score (nSPS) is 13.6. The highest BCUT2D eigenvalue weighted by Gasteiger charge is 2.10. The maximum absolute atomic E-state index is 9.78. The second-order valence-corrected chi connectivity index (χ2v) is 6.38. The summed E-state index contributed by atoms with van der Waals surface area (Å²) < 4.78 is 6.50. The van der Waals surface area contributed by atoms with E-state index in [1.165, 1.54) is 4.88 Å². The second kappa shape index (κ2) is 7.48. The monoisotopic (exact) mass is 321 g/mol. The van der Waals surface area contributed by atoms with Crippen molar-refractivity contribution in [2.45, 2.75) is 32.6 Å². The Morgan fingerprint density at radius 2 is 2.24 bits per heavy atom. The second-order valence-electron chi connectivity index (χ2n) is 4.46. The summed E-state index contributed by atoms with van der Waals surface area (Å²) in [6.45, 7) is 5.83. The van der Waals surface area contributed by atoms with Crippen LogP contribution in [0.5, 0.6) is 0 Å². The molecule has 0 radical (unpaired) electrons. The predicted molar refractivity (Wildman–Crippen MR) is 75.4 cm³/mol. The van der Waals surface area contributed by atoms with Crippen molar-refractivity contribution in [3.8, 4) is 0 Å². The number of halogens is 1. The van der Waals surface area contributed by atoms with E-state index in [0.717, 1.165) is 11.0 Å². The topological polar surface area (TPSA) is 32.7 Å². The van der Waals surface area contributed by atoms with Gasteiger partial charge in [-0.25, -0.2) is 0 Å². The Bertz CT molecular complexity index is 330. The van der Waals surface area contributed by atoms with Gasteiger partial charge in [-0.05, 0) is 42.9 Å². The van der Waals surface area contributed by atoms with Gasteiger partial charge in [-0.1, -0.05) is 0 Å². The van der Waals surface area contributed by atoms with Crippen LogP contribution >= 0.6 is 27.3 Å². The van der Waals surface area contributed by atoms with Crippen LogP contribution in [-0.2, 0) is 11.3 Å². The molecule has 98 valence electrons. The van der Waals surface area contributed by atoms with Gasteiger partial charge in [0.05, 0.1) is 18.8 Å². The number of hydrogen-bond acceptors (Lipinski definition) is 4. The number of hydrogen-bond donors (Lipinski definition) is 1. The summed E-state index contributed by atoms with van der Waals surface area (Å²) in [5.74, 6) is 0. The van der Waals surface area contributed by atoms with Crippen LogP contribution < -0.4 is 0 Å². The quantitative estimate of drug-likeness (QED) is 0.838. The fourth-order valence-corrected chi connectivity index (χ4v) is 3.01. The summed E-state index contributed by atoms with van der Waals surface area (Å²) in [6, 6.07) is 2.11. The smallest absolute Gasteiger partial charge is 0.0900 e. The minimum Gasteiger partial charge on any atom is -0.389 e. The van der Waals surface area contributed by atoms with Gasteiger partial charge in [-0.2, -0.15) is 0 Å². The Balaban J connectivity index is 2.26. The van der Waals surface area contributed by atoms with E-state index in [9.17, 15) is 5.11 Å². The average molecular weight is 322 g/mol. The minimum atomic E-state index is -0.425. The lowest BCUT2D eigenvalue weighted by Gasteiger charge is -2.20. The zero-order valence-corrected chi connectivity index (χ0v) is 12.9. The van der Waals surface area contributed by atoms with Gasteiger partial charge >= 0.3 is 0 Å². The highest BCUT2D eigenvalue weighted by molar-refractivity contribution is 9.10. The van der Waals surface area contributed by atoms with Gasteiger partial charge in [0.2, 0.25) is 0 Å². The lowest BCUT2D eigenvalue weighted by molar-refractivity contribution is -0.00625. The molecule has 1 aromatic rings. The number of thiophene rings is 1.